The summed E-state index contributed by atoms with van der Waals surface area (Å²) in [4.78, 5) is 26.2. The summed E-state index contributed by atoms with van der Waals surface area (Å²) in [5.41, 5.74) is 2.60. The molecule has 3 heterocycles. The molecule has 0 bridgehead atoms. The maximum atomic E-state index is 12.8. The first-order valence-corrected chi connectivity index (χ1v) is 8.12. The van der Waals surface area contributed by atoms with Gasteiger partial charge in [-0.1, -0.05) is 0 Å². The molecule has 0 spiro atoms. The Bertz CT molecular complexity index is 663. The van der Waals surface area contributed by atoms with Gasteiger partial charge in [0.25, 0.3) is 5.91 Å². The van der Waals surface area contributed by atoms with Gasteiger partial charge in [-0.2, -0.15) is 10.2 Å². The van der Waals surface area contributed by atoms with Crippen LogP contribution in [0.3, 0.4) is 0 Å². The highest BCUT2D eigenvalue weighted by Crippen LogP contribution is 2.21. The molecule has 3 rings (SSSR count). The summed E-state index contributed by atoms with van der Waals surface area (Å²) >= 11 is 0. The molecule has 0 aromatic carbocycles. The molecule has 1 aromatic heterocycles. The van der Waals surface area contributed by atoms with Gasteiger partial charge in [0.1, 0.15) is 5.71 Å². The van der Waals surface area contributed by atoms with Gasteiger partial charge in [0.2, 0.25) is 5.91 Å². The molecule has 0 N–H and O–H groups in total. The molecule has 7 nitrogen and oxygen atoms in total. The molecule has 0 saturated carbocycles. The van der Waals surface area contributed by atoms with Crippen molar-refractivity contribution in [3.05, 3.63) is 17.5 Å². The molecule has 1 fully saturated rings. The number of aromatic nitrogens is 2. The molecule has 2 aliphatic heterocycles. The van der Waals surface area contributed by atoms with E-state index in [1.54, 1.807) is 7.05 Å². The Balaban J connectivity index is 1.74. The third-order valence-corrected chi connectivity index (χ3v) is 4.58. The summed E-state index contributed by atoms with van der Waals surface area (Å²) in [6.07, 6.45) is 2.77. The number of hydrazone groups is 1. The number of nitrogens with zero attached hydrogens (tertiary/aromatic N) is 5. The maximum absolute atomic E-state index is 12.8. The lowest BCUT2D eigenvalue weighted by molar-refractivity contribution is -0.130. The molecule has 7 heteroatoms. The smallest absolute Gasteiger partial charge is 0.270 e. The molecule has 1 atom stereocenters. The van der Waals surface area contributed by atoms with E-state index in [4.69, 9.17) is 0 Å². The number of rotatable bonds is 3. The summed E-state index contributed by atoms with van der Waals surface area (Å²) in [5.74, 6) is -0.0736. The molecule has 1 saturated heterocycles. The predicted molar refractivity (Wildman–Crippen MR) is 85.9 cm³/mol. The third kappa shape index (κ3) is 3.13. The van der Waals surface area contributed by atoms with Crippen molar-refractivity contribution in [2.75, 3.05) is 13.6 Å². The van der Waals surface area contributed by atoms with E-state index < -0.39 is 0 Å². The van der Waals surface area contributed by atoms with Crippen LogP contribution in [-0.4, -0.2) is 56.8 Å². The summed E-state index contributed by atoms with van der Waals surface area (Å²) in [6, 6.07) is 2.19. The van der Waals surface area contributed by atoms with Crippen LogP contribution < -0.4 is 0 Å². The summed E-state index contributed by atoms with van der Waals surface area (Å²) in [6.45, 7) is 5.48. The van der Waals surface area contributed by atoms with Crippen molar-refractivity contribution in [1.82, 2.24) is 19.7 Å². The lowest BCUT2D eigenvalue weighted by atomic mass is 10.1. The summed E-state index contributed by atoms with van der Waals surface area (Å²) in [5, 5.41) is 9.94. The standard InChI is InChI=1S/C16H23N5O2/c1-11-9-12(2)21(17-11)10-13-5-4-8-20(13)16(23)14-6-7-15(22)19(3)18-14/h9,13H,4-8,10H2,1-3H3/t13-/m1/s1. The minimum Gasteiger partial charge on any atom is -0.333 e. The maximum Gasteiger partial charge on any atom is 0.270 e. The normalized spacial score (nSPS) is 21.8. The third-order valence-electron chi connectivity index (χ3n) is 4.58. The van der Waals surface area contributed by atoms with Gasteiger partial charge >= 0.3 is 0 Å². The first-order valence-electron chi connectivity index (χ1n) is 8.12. The lowest BCUT2D eigenvalue weighted by Crippen LogP contribution is -2.44. The number of hydrogen-bond acceptors (Lipinski definition) is 4. The molecule has 124 valence electrons. The van der Waals surface area contributed by atoms with Crippen LogP contribution in [-0.2, 0) is 16.1 Å². The highest BCUT2D eigenvalue weighted by Gasteiger charge is 2.33. The monoisotopic (exact) mass is 317 g/mol. The first kappa shape index (κ1) is 15.7. The Kier molecular flexibility index (Phi) is 4.19. The van der Waals surface area contributed by atoms with Crippen LogP contribution in [0.25, 0.3) is 0 Å². The van der Waals surface area contributed by atoms with Crippen LogP contribution in [0.2, 0.25) is 0 Å². The van der Waals surface area contributed by atoms with Crippen LogP contribution in [0.1, 0.15) is 37.1 Å². The van der Waals surface area contributed by atoms with E-state index in [0.717, 1.165) is 30.8 Å². The van der Waals surface area contributed by atoms with Gasteiger partial charge in [0.05, 0.1) is 18.3 Å². The van der Waals surface area contributed by atoms with E-state index in [-0.39, 0.29) is 17.9 Å². The Hall–Kier alpha value is -2.18. The Morgan fingerprint density at radius 3 is 2.78 bits per heavy atom. The average Bonchev–Trinajstić information content (AvgIpc) is 3.08. The molecule has 2 aliphatic rings. The number of carbonyl (C=O) groups excluding carboxylic acids is 2. The second-order valence-corrected chi connectivity index (χ2v) is 6.37. The van der Waals surface area contributed by atoms with Crippen molar-refractivity contribution in [3.8, 4) is 0 Å². The van der Waals surface area contributed by atoms with Crippen molar-refractivity contribution in [1.29, 1.82) is 0 Å². The van der Waals surface area contributed by atoms with Gasteiger partial charge in [-0.15, -0.1) is 0 Å². The Morgan fingerprint density at radius 1 is 1.35 bits per heavy atom. The van der Waals surface area contributed by atoms with Gasteiger partial charge in [-0.3, -0.25) is 14.3 Å². The zero-order chi connectivity index (χ0) is 16.6. The first-order chi connectivity index (χ1) is 11.0. The summed E-state index contributed by atoms with van der Waals surface area (Å²) in [7, 11) is 1.60. The van der Waals surface area contributed by atoms with E-state index in [1.807, 2.05) is 29.5 Å². The number of amides is 2. The zero-order valence-electron chi connectivity index (χ0n) is 13.9. The van der Waals surface area contributed by atoms with Crippen LogP contribution >= 0.6 is 0 Å². The topological polar surface area (TPSA) is 70.8 Å². The van der Waals surface area contributed by atoms with Gasteiger partial charge < -0.3 is 4.90 Å². The minimum absolute atomic E-state index is 0.0339. The van der Waals surface area contributed by atoms with Crippen molar-refractivity contribution >= 4 is 17.5 Å². The molecule has 2 amide bonds. The average molecular weight is 317 g/mol. The number of aryl methyl sites for hydroxylation is 2. The van der Waals surface area contributed by atoms with Crippen molar-refractivity contribution in [2.45, 2.75) is 52.1 Å². The summed E-state index contributed by atoms with van der Waals surface area (Å²) < 4.78 is 1.98. The molecule has 0 aliphatic carbocycles. The quantitative estimate of drug-likeness (QED) is 0.838. The molecular weight excluding hydrogens is 294 g/mol. The van der Waals surface area contributed by atoms with Crippen molar-refractivity contribution in [3.63, 3.8) is 0 Å². The van der Waals surface area contributed by atoms with Gasteiger partial charge in [-0.05, 0) is 32.8 Å². The van der Waals surface area contributed by atoms with E-state index in [2.05, 4.69) is 10.2 Å². The molecule has 0 radical (unpaired) electrons. The second-order valence-electron chi connectivity index (χ2n) is 6.37. The van der Waals surface area contributed by atoms with Gasteiger partial charge in [0.15, 0.2) is 0 Å². The fourth-order valence-electron chi connectivity index (χ4n) is 3.34. The fraction of sp³-hybridized carbons (Fsp3) is 0.625. The SMILES string of the molecule is Cc1cc(C)n(C[C@H]2CCCN2C(=O)C2=NN(C)C(=O)CC2)n1. The zero-order valence-corrected chi connectivity index (χ0v) is 13.9. The van der Waals surface area contributed by atoms with Crippen molar-refractivity contribution < 1.29 is 9.59 Å². The van der Waals surface area contributed by atoms with E-state index in [0.29, 0.717) is 25.1 Å². The number of carbonyl (C=O) groups is 2. The molecule has 1 aromatic rings. The van der Waals surface area contributed by atoms with Crippen LogP contribution in [0.5, 0.6) is 0 Å². The Labute approximate surface area is 135 Å². The van der Waals surface area contributed by atoms with E-state index in [1.165, 1.54) is 5.01 Å². The molecule has 0 unspecified atom stereocenters. The van der Waals surface area contributed by atoms with Crippen LogP contribution in [0, 0.1) is 13.8 Å². The van der Waals surface area contributed by atoms with E-state index in [9.17, 15) is 9.59 Å². The van der Waals surface area contributed by atoms with Crippen LogP contribution in [0.15, 0.2) is 11.2 Å². The highest BCUT2D eigenvalue weighted by molar-refractivity contribution is 6.39. The van der Waals surface area contributed by atoms with Gasteiger partial charge in [-0.25, -0.2) is 5.01 Å². The fourth-order valence-corrected chi connectivity index (χ4v) is 3.34. The molecular formula is C16H23N5O2. The number of hydrogen-bond donors (Lipinski definition) is 0. The van der Waals surface area contributed by atoms with Crippen LogP contribution in [0.4, 0.5) is 0 Å². The highest BCUT2D eigenvalue weighted by atomic mass is 16.2. The minimum atomic E-state index is -0.0397. The van der Waals surface area contributed by atoms with E-state index >= 15 is 0 Å². The van der Waals surface area contributed by atoms with Crippen molar-refractivity contribution in [2.24, 2.45) is 5.10 Å². The molecule has 23 heavy (non-hydrogen) atoms. The second kappa shape index (κ2) is 6.14. The van der Waals surface area contributed by atoms with Gasteiger partial charge in [0, 0.05) is 32.1 Å². The lowest BCUT2D eigenvalue weighted by Gasteiger charge is -2.27. The largest absolute Gasteiger partial charge is 0.333 e. The Morgan fingerprint density at radius 2 is 2.13 bits per heavy atom. The predicted octanol–water partition coefficient (Wildman–Crippen LogP) is 1.10. The number of likely N-dealkylation sites (tertiary alicyclic amines) is 1.